The van der Waals surface area contributed by atoms with Gasteiger partial charge in [-0.15, -0.1) is 0 Å². The number of imide groups is 2. The van der Waals surface area contributed by atoms with E-state index in [9.17, 15) is 24.0 Å². The van der Waals surface area contributed by atoms with Gasteiger partial charge in [0.15, 0.2) is 0 Å². The maximum atomic E-state index is 13.5. The Kier molecular flexibility index (Phi) is 8.88. The number of hydrogen-bond donors (Lipinski definition) is 1. The molecule has 4 aliphatic heterocycles. The molecule has 5 amide bonds. The van der Waals surface area contributed by atoms with Crippen LogP contribution in [-0.4, -0.2) is 78.2 Å². The van der Waals surface area contributed by atoms with E-state index in [0.717, 1.165) is 68.2 Å². The molecule has 1 unspecified atom stereocenters. The van der Waals surface area contributed by atoms with Crippen molar-refractivity contribution in [1.82, 2.24) is 15.1 Å². The van der Waals surface area contributed by atoms with Crippen LogP contribution in [0.15, 0.2) is 42.5 Å². The lowest BCUT2D eigenvalue weighted by Gasteiger charge is -2.41. The second kappa shape index (κ2) is 13.0. The first kappa shape index (κ1) is 30.1. The van der Waals surface area contributed by atoms with Gasteiger partial charge in [-0.3, -0.25) is 34.2 Å². The number of nitrogens with one attached hydrogen (secondary N) is 1. The highest BCUT2D eigenvalue weighted by atomic mass is 35.5. The number of ether oxygens (including phenoxy) is 1. The number of carbonyl (C=O) groups excluding carboxylic acids is 5. The normalized spacial score (nSPS) is 21.5. The van der Waals surface area contributed by atoms with E-state index < -0.39 is 23.8 Å². The predicted molar refractivity (Wildman–Crippen MR) is 164 cm³/mol. The zero-order chi connectivity index (χ0) is 30.8. The van der Waals surface area contributed by atoms with E-state index in [0.29, 0.717) is 47.4 Å². The number of fused-ring (bicyclic) bond motifs is 1. The Balaban J connectivity index is 0.980. The molecular weight excluding hydrogens is 584 g/mol. The van der Waals surface area contributed by atoms with E-state index in [2.05, 4.69) is 10.2 Å². The second-order valence-electron chi connectivity index (χ2n) is 12.1. The molecular formula is C33H37ClN4O6. The zero-order valence-corrected chi connectivity index (χ0v) is 25.4. The highest BCUT2D eigenvalue weighted by Crippen LogP contribution is 2.38. The molecule has 10 nitrogen and oxygen atoms in total. The summed E-state index contributed by atoms with van der Waals surface area (Å²) >= 11 is 5.91. The Morgan fingerprint density at radius 2 is 1.55 bits per heavy atom. The minimum atomic E-state index is -0.973. The molecule has 0 aromatic heterocycles. The molecule has 1 N–H and O–H groups in total. The third kappa shape index (κ3) is 6.18. The number of benzene rings is 2. The number of carbonyl (C=O) groups is 5. The lowest BCUT2D eigenvalue weighted by molar-refractivity contribution is -0.136. The summed E-state index contributed by atoms with van der Waals surface area (Å²) < 4.78 is 5.71. The van der Waals surface area contributed by atoms with Gasteiger partial charge in [0.1, 0.15) is 11.8 Å². The van der Waals surface area contributed by atoms with Crippen LogP contribution in [-0.2, 0) is 14.4 Å². The van der Waals surface area contributed by atoms with Gasteiger partial charge in [0, 0.05) is 44.0 Å². The first-order chi connectivity index (χ1) is 21.3. The first-order valence-electron chi connectivity index (χ1n) is 15.6. The highest BCUT2D eigenvalue weighted by molar-refractivity contribution is 6.30. The molecule has 0 spiro atoms. The van der Waals surface area contributed by atoms with Gasteiger partial charge in [0.25, 0.3) is 11.8 Å². The Bertz CT molecular complexity index is 1450. The van der Waals surface area contributed by atoms with E-state index in [4.69, 9.17) is 16.3 Å². The van der Waals surface area contributed by atoms with Crippen molar-refractivity contribution in [2.45, 2.75) is 57.4 Å². The molecule has 6 rings (SSSR count). The van der Waals surface area contributed by atoms with Gasteiger partial charge in [-0.2, -0.15) is 0 Å². The van der Waals surface area contributed by atoms with Crippen molar-refractivity contribution in [2.75, 3.05) is 37.7 Å². The number of amides is 5. The summed E-state index contributed by atoms with van der Waals surface area (Å²) in [5.74, 6) is 0.0973. The fourth-order valence-electron chi connectivity index (χ4n) is 7.10. The van der Waals surface area contributed by atoms with E-state index >= 15 is 0 Å². The van der Waals surface area contributed by atoms with Crippen molar-refractivity contribution in [2.24, 2.45) is 11.8 Å². The van der Waals surface area contributed by atoms with Crippen molar-refractivity contribution in [3.8, 4) is 5.75 Å². The average molecular weight is 621 g/mol. The molecule has 1 atom stereocenters. The molecule has 2 aromatic rings. The van der Waals surface area contributed by atoms with Gasteiger partial charge in [-0.05, 0) is 86.8 Å². The standard InChI is InChI=1S/C33H37ClN4O6/c34-23-6-8-24(9-7-23)44-20-2-5-29(40)37-18-14-22(15-19-37)21-12-16-36(17-13-21)26-4-1-3-25-30(26)33(43)38(32(25)42)27-10-11-28(39)35-31(27)41/h1,3-4,6-9,21-22,27H,2,5,10-20H2,(H,35,39,41). The number of halogens is 1. The predicted octanol–water partition coefficient (Wildman–Crippen LogP) is 4.06. The van der Waals surface area contributed by atoms with Gasteiger partial charge in [0.05, 0.1) is 23.4 Å². The number of likely N-dealkylation sites (tertiary alicyclic amines) is 1. The SMILES string of the molecule is O=C1CCC(N2C(=O)c3cccc(N4CCC(C5CCN(C(=O)CCCOc6ccc(Cl)cc6)CC5)CC4)c3C2=O)C(=O)N1. The zero-order valence-electron chi connectivity index (χ0n) is 24.6. The maximum absolute atomic E-state index is 13.5. The van der Waals surface area contributed by atoms with Crippen molar-refractivity contribution >= 4 is 46.8 Å². The summed E-state index contributed by atoms with van der Waals surface area (Å²) in [7, 11) is 0. The molecule has 232 valence electrons. The smallest absolute Gasteiger partial charge is 0.264 e. The largest absolute Gasteiger partial charge is 0.494 e. The van der Waals surface area contributed by atoms with Gasteiger partial charge < -0.3 is 14.5 Å². The Labute approximate surface area is 261 Å². The molecule has 3 fully saturated rings. The fourth-order valence-corrected chi connectivity index (χ4v) is 7.22. The van der Waals surface area contributed by atoms with E-state index in [-0.39, 0.29) is 24.7 Å². The van der Waals surface area contributed by atoms with Crippen LogP contribution in [0.3, 0.4) is 0 Å². The van der Waals surface area contributed by atoms with Crippen LogP contribution in [0, 0.1) is 11.8 Å². The molecule has 0 radical (unpaired) electrons. The Hall–Kier alpha value is -3.92. The number of piperidine rings is 3. The first-order valence-corrected chi connectivity index (χ1v) is 15.9. The molecule has 0 aliphatic carbocycles. The number of hydrogen-bond acceptors (Lipinski definition) is 7. The second-order valence-corrected chi connectivity index (χ2v) is 12.5. The van der Waals surface area contributed by atoms with Gasteiger partial charge >= 0.3 is 0 Å². The van der Waals surface area contributed by atoms with Crippen LogP contribution in [0.2, 0.25) is 5.02 Å². The van der Waals surface area contributed by atoms with Gasteiger partial charge in [-0.1, -0.05) is 17.7 Å². The topological polar surface area (TPSA) is 116 Å². The lowest BCUT2D eigenvalue weighted by Crippen LogP contribution is -2.54. The third-order valence-corrected chi connectivity index (χ3v) is 9.75. The molecule has 2 aromatic carbocycles. The molecule has 0 bridgehead atoms. The van der Waals surface area contributed by atoms with E-state index in [1.807, 2.05) is 23.1 Å². The molecule has 44 heavy (non-hydrogen) atoms. The molecule has 4 aliphatic rings. The van der Waals surface area contributed by atoms with Crippen LogP contribution in [0.4, 0.5) is 5.69 Å². The van der Waals surface area contributed by atoms with E-state index in [1.165, 1.54) is 0 Å². The maximum Gasteiger partial charge on any atom is 0.264 e. The van der Waals surface area contributed by atoms with E-state index in [1.54, 1.807) is 24.3 Å². The molecule has 3 saturated heterocycles. The molecule has 11 heteroatoms. The van der Waals surface area contributed by atoms with Crippen molar-refractivity contribution in [3.63, 3.8) is 0 Å². The molecule has 4 heterocycles. The number of rotatable bonds is 8. The average Bonchev–Trinajstić information content (AvgIpc) is 3.29. The van der Waals surface area contributed by atoms with Gasteiger partial charge in [-0.25, -0.2) is 0 Å². The van der Waals surface area contributed by atoms with Crippen LogP contribution in [0.25, 0.3) is 0 Å². The van der Waals surface area contributed by atoms with Crippen LogP contribution in [0.1, 0.15) is 72.1 Å². The van der Waals surface area contributed by atoms with Crippen molar-refractivity contribution in [1.29, 1.82) is 0 Å². The summed E-state index contributed by atoms with van der Waals surface area (Å²) in [6.07, 6.45) is 5.31. The molecule has 0 saturated carbocycles. The fraction of sp³-hybridized carbons (Fsp3) is 0.485. The van der Waals surface area contributed by atoms with Crippen molar-refractivity contribution < 1.29 is 28.7 Å². The monoisotopic (exact) mass is 620 g/mol. The number of nitrogens with zero attached hydrogens (tertiary/aromatic N) is 3. The number of anilines is 1. The summed E-state index contributed by atoms with van der Waals surface area (Å²) in [6.45, 7) is 3.59. The van der Waals surface area contributed by atoms with Crippen LogP contribution < -0.4 is 15.0 Å². The van der Waals surface area contributed by atoms with Crippen LogP contribution in [0.5, 0.6) is 5.75 Å². The highest BCUT2D eigenvalue weighted by Gasteiger charge is 2.46. The third-order valence-electron chi connectivity index (χ3n) is 9.50. The summed E-state index contributed by atoms with van der Waals surface area (Å²) in [5, 5.41) is 2.91. The van der Waals surface area contributed by atoms with Crippen molar-refractivity contribution in [3.05, 3.63) is 58.6 Å². The van der Waals surface area contributed by atoms with Crippen LogP contribution >= 0.6 is 11.6 Å². The lowest BCUT2D eigenvalue weighted by atomic mass is 9.78. The summed E-state index contributed by atoms with van der Waals surface area (Å²) in [4.78, 5) is 68.8. The van der Waals surface area contributed by atoms with Gasteiger partial charge in [0.2, 0.25) is 17.7 Å². The minimum absolute atomic E-state index is 0.0946. The Morgan fingerprint density at radius 3 is 2.23 bits per heavy atom. The summed E-state index contributed by atoms with van der Waals surface area (Å²) in [5.41, 5.74) is 1.40. The Morgan fingerprint density at radius 1 is 0.864 bits per heavy atom. The minimum Gasteiger partial charge on any atom is -0.494 e. The quantitative estimate of drug-likeness (QED) is 0.350. The summed E-state index contributed by atoms with van der Waals surface area (Å²) in [6, 6.07) is 11.5.